The number of benzene rings is 1. The summed E-state index contributed by atoms with van der Waals surface area (Å²) in [7, 11) is 0. The number of nitrogens with one attached hydrogen (secondary N) is 2. The molecular weight excluding hydrogens is 427 g/mol. The van der Waals surface area contributed by atoms with E-state index in [4.69, 9.17) is 0 Å². The van der Waals surface area contributed by atoms with Gasteiger partial charge in [0.25, 0.3) is 5.91 Å². The lowest BCUT2D eigenvalue weighted by atomic mass is 10.1. The van der Waals surface area contributed by atoms with E-state index in [2.05, 4.69) is 20.6 Å². The number of hydrogen-bond acceptors (Lipinski definition) is 4. The third kappa shape index (κ3) is 4.38. The van der Waals surface area contributed by atoms with Crippen molar-refractivity contribution in [3.8, 4) is 10.6 Å². The van der Waals surface area contributed by atoms with Crippen LogP contribution in [0.25, 0.3) is 10.6 Å². The maximum atomic E-state index is 13.0. The smallest absolute Gasteiger partial charge is 0.317 e. The number of carbonyl (C=O) groups is 1. The molecule has 0 aliphatic carbocycles. The van der Waals surface area contributed by atoms with E-state index in [1.54, 1.807) is 30.7 Å². The summed E-state index contributed by atoms with van der Waals surface area (Å²) in [4.78, 5) is 13.6. The summed E-state index contributed by atoms with van der Waals surface area (Å²) in [5.74, 6) is -0.399. The minimum Gasteiger partial charge on any atom is -0.317 e. The molecule has 1 aromatic carbocycles. The predicted octanol–water partition coefficient (Wildman–Crippen LogP) is 5.27. The third-order valence-corrected chi connectivity index (χ3v) is 5.71. The highest BCUT2D eigenvalue weighted by atomic mass is 32.1. The van der Waals surface area contributed by atoms with E-state index in [0.717, 1.165) is 22.7 Å². The average molecular weight is 445 g/mol. The van der Waals surface area contributed by atoms with E-state index in [9.17, 15) is 18.0 Å². The number of H-pyrrole nitrogens is 1. The Morgan fingerprint density at radius 1 is 1.19 bits per heavy atom. The van der Waals surface area contributed by atoms with Gasteiger partial charge in [0.1, 0.15) is 0 Å². The average Bonchev–Trinajstić information content (AvgIpc) is 3.45. The molecule has 3 heterocycles. The van der Waals surface area contributed by atoms with Crippen molar-refractivity contribution < 1.29 is 18.0 Å². The second-order valence-corrected chi connectivity index (χ2v) is 7.95. The lowest BCUT2D eigenvalue weighted by molar-refractivity contribution is -0.137. The van der Waals surface area contributed by atoms with Crippen molar-refractivity contribution in [1.82, 2.24) is 20.0 Å². The number of alkyl halides is 3. The molecule has 0 fully saturated rings. The lowest BCUT2D eigenvalue weighted by Gasteiger charge is -2.10. The number of anilines is 1. The first kappa shape index (κ1) is 20.9. The van der Waals surface area contributed by atoms with Crippen LogP contribution in [-0.2, 0) is 12.7 Å². The van der Waals surface area contributed by atoms with Crippen molar-refractivity contribution in [1.29, 1.82) is 0 Å². The number of carbonyl (C=O) groups excluding carboxylic acids is 1. The molecule has 6 nitrogen and oxygen atoms in total. The number of aryl methyl sites for hydroxylation is 1. The Hall–Kier alpha value is -3.40. The Morgan fingerprint density at radius 3 is 2.71 bits per heavy atom. The van der Waals surface area contributed by atoms with Crippen molar-refractivity contribution in [3.05, 3.63) is 76.1 Å². The minimum absolute atomic E-state index is 0.150. The molecule has 0 spiro atoms. The fraction of sp³-hybridized carbons (Fsp3) is 0.190. The second kappa shape index (κ2) is 8.03. The summed E-state index contributed by atoms with van der Waals surface area (Å²) in [5.41, 5.74) is 2.44. The molecule has 31 heavy (non-hydrogen) atoms. The van der Waals surface area contributed by atoms with Crippen LogP contribution in [0.3, 0.4) is 0 Å². The summed E-state index contributed by atoms with van der Waals surface area (Å²) >= 11 is 1.53. The molecule has 0 atom stereocenters. The Morgan fingerprint density at radius 2 is 2.00 bits per heavy atom. The van der Waals surface area contributed by atoms with Gasteiger partial charge in [-0.2, -0.15) is 23.4 Å². The van der Waals surface area contributed by atoms with E-state index in [-0.39, 0.29) is 12.2 Å². The monoisotopic (exact) mass is 445 g/mol. The van der Waals surface area contributed by atoms with E-state index in [0.29, 0.717) is 22.6 Å². The van der Waals surface area contributed by atoms with Crippen molar-refractivity contribution in [2.75, 3.05) is 5.32 Å². The number of aromatic nitrogens is 4. The van der Waals surface area contributed by atoms with Crippen LogP contribution in [-0.4, -0.2) is 25.9 Å². The number of rotatable bonds is 5. The Labute approximate surface area is 179 Å². The van der Waals surface area contributed by atoms with Crippen molar-refractivity contribution in [2.24, 2.45) is 0 Å². The molecular formula is C21H18F3N5OS. The van der Waals surface area contributed by atoms with Gasteiger partial charge in [-0.05, 0) is 49.1 Å². The van der Waals surface area contributed by atoms with Gasteiger partial charge in [-0.3, -0.25) is 14.6 Å². The zero-order valence-corrected chi connectivity index (χ0v) is 17.4. The molecule has 3 aromatic heterocycles. The fourth-order valence-electron chi connectivity index (χ4n) is 3.22. The molecule has 0 aliphatic rings. The molecule has 1 amide bonds. The topological polar surface area (TPSA) is 75.6 Å². The number of aromatic amines is 1. The first-order valence-corrected chi connectivity index (χ1v) is 10.2. The van der Waals surface area contributed by atoms with Crippen LogP contribution < -0.4 is 5.32 Å². The van der Waals surface area contributed by atoms with E-state index >= 15 is 0 Å². The van der Waals surface area contributed by atoms with E-state index in [1.165, 1.54) is 17.4 Å². The van der Waals surface area contributed by atoms with Crippen molar-refractivity contribution in [2.45, 2.75) is 26.6 Å². The summed E-state index contributed by atoms with van der Waals surface area (Å²) < 4.78 is 40.5. The summed E-state index contributed by atoms with van der Waals surface area (Å²) in [6, 6.07) is 10.6. The van der Waals surface area contributed by atoms with E-state index in [1.807, 2.05) is 17.5 Å². The second-order valence-electron chi connectivity index (χ2n) is 7.00. The van der Waals surface area contributed by atoms with Crippen LogP contribution in [0.4, 0.5) is 18.9 Å². The number of hydrogen-bond donors (Lipinski definition) is 2. The number of amides is 1. The largest absolute Gasteiger partial charge is 0.416 e. The SMILES string of the molecule is Cc1nn(Cc2cccc(C(F)(F)F)c2)c(C)c1NC(=O)c1cc(-c2cccs2)[nH]n1. The van der Waals surface area contributed by atoms with Crippen LogP contribution in [0.2, 0.25) is 0 Å². The van der Waals surface area contributed by atoms with Crippen LogP contribution in [0, 0.1) is 13.8 Å². The first-order valence-electron chi connectivity index (χ1n) is 9.33. The molecule has 160 valence electrons. The molecule has 0 aliphatic heterocycles. The molecule has 0 saturated heterocycles. The third-order valence-electron chi connectivity index (χ3n) is 4.80. The quantitative estimate of drug-likeness (QED) is 0.439. The Bertz CT molecular complexity index is 1220. The summed E-state index contributed by atoms with van der Waals surface area (Å²) in [6.07, 6.45) is -4.41. The Balaban J connectivity index is 1.53. The number of thiophene rings is 1. The maximum Gasteiger partial charge on any atom is 0.416 e. The van der Waals surface area contributed by atoms with Gasteiger partial charge in [-0.15, -0.1) is 11.3 Å². The van der Waals surface area contributed by atoms with Gasteiger partial charge in [-0.1, -0.05) is 18.2 Å². The highest BCUT2D eigenvalue weighted by molar-refractivity contribution is 7.13. The molecule has 0 bridgehead atoms. The van der Waals surface area contributed by atoms with Gasteiger partial charge < -0.3 is 5.32 Å². The maximum absolute atomic E-state index is 13.0. The zero-order chi connectivity index (χ0) is 22.2. The molecule has 2 N–H and O–H groups in total. The molecule has 4 rings (SSSR count). The van der Waals surface area contributed by atoms with Gasteiger partial charge in [-0.25, -0.2) is 0 Å². The molecule has 0 radical (unpaired) electrons. The molecule has 0 unspecified atom stereocenters. The van der Waals surface area contributed by atoms with Crippen LogP contribution in [0.15, 0.2) is 47.8 Å². The first-order chi connectivity index (χ1) is 14.7. The van der Waals surface area contributed by atoms with Crippen molar-refractivity contribution >= 4 is 22.9 Å². The van der Waals surface area contributed by atoms with E-state index < -0.39 is 17.6 Å². The summed E-state index contributed by atoms with van der Waals surface area (Å²) in [6.45, 7) is 3.63. The minimum atomic E-state index is -4.41. The normalized spacial score (nSPS) is 11.6. The summed E-state index contributed by atoms with van der Waals surface area (Å²) in [5, 5.41) is 16.0. The molecule has 4 aromatic rings. The highest BCUT2D eigenvalue weighted by Gasteiger charge is 2.30. The van der Waals surface area contributed by atoms with Gasteiger partial charge in [0, 0.05) is 0 Å². The zero-order valence-electron chi connectivity index (χ0n) is 16.6. The molecule has 0 saturated carbocycles. The van der Waals surface area contributed by atoms with Gasteiger partial charge >= 0.3 is 6.18 Å². The van der Waals surface area contributed by atoms with Gasteiger partial charge in [0.15, 0.2) is 5.69 Å². The number of halogens is 3. The number of nitrogens with zero attached hydrogens (tertiary/aromatic N) is 3. The Kier molecular flexibility index (Phi) is 5.40. The fourth-order valence-corrected chi connectivity index (χ4v) is 3.92. The highest BCUT2D eigenvalue weighted by Crippen LogP contribution is 2.30. The van der Waals surface area contributed by atoms with Crippen molar-refractivity contribution in [3.63, 3.8) is 0 Å². The lowest BCUT2D eigenvalue weighted by Crippen LogP contribution is -2.14. The van der Waals surface area contributed by atoms with Gasteiger partial charge in [0.05, 0.1) is 39.8 Å². The van der Waals surface area contributed by atoms with Gasteiger partial charge in [0.2, 0.25) is 0 Å². The standard InChI is InChI=1S/C21H18F3N5OS/c1-12-19(25-20(30)17-10-16(26-27-17)18-7-4-8-31-18)13(2)29(28-12)11-14-5-3-6-15(9-14)21(22,23)24/h3-10H,11H2,1-2H3,(H,25,30)(H,26,27). The van der Waals surface area contributed by atoms with Crippen LogP contribution in [0.5, 0.6) is 0 Å². The van der Waals surface area contributed by atoms with Crippen LogP contribution >= 0.6 is 11.3 Å². The molecule has 10 heteroatoms. The predicted molar refractivity (Wildman–Crippen MR) is 112 cm³/mol. The van der Waals surface area contributed by atoms with Crippen LogP contribution in [0.1, 0.15) is 33.0 Å².